The molecule has 0 saturated heterocycles. The summed E-state index contributed by atoms with van der Waals surface area (Å²) in [5, 5.41) is 13.6. The minimum absolute atomic E-state index is 0.00498. The van der Waals surface area contributed by atoms with Crippen LogP contribution < -0.4 is 5.32 Å². The van der Waals surface area contributed by atoms with Crippen molar-refractivity contribution in [1.29, 1.82) is 0 Å². The molecule has 1 amide bonds. The number of aryl methyl sites for hydroxylation is 2. The van der Waals surface area contributed by atoms with E-state index in [1.165, 1.54) is 23.1 Å². The number of carbonyl (C=O) groups excluding carboxylic acids is 1. The smallest absolute Gasteiger partial charge is 0.272 e. The average Bonchev–Trinajstić information content (AvgIpc) is 2.93. The van der Waals surface area contributed by atoms with Crippen molar-refractivity contribution in [3.8, 4) is 0 Å². The lowest BCUT2D eigenvalue weighted by Gasteiger charge is -2.14. The van der Waals surface area contributed by atoms with E-state index < -0.39 is 4.92 Å². The number of benzene rings is 1. The maximum Gasteiger partial charge on any atom is 0.272 e. The van der Waals surface area contributed by atoms with Crippen molar-refractivity contribution in [3.05, 3.63) is 61.3 Å². The minimum Gasteiger partial charge on any atom is -0.374 e. The molecule has 1 atom stereocenters. The first-order valence-electron chi connectivity index (χ1n) is 7.04. The largest absolute Gasteiger partial charge is 0.374 e. The zero-order chi connectivity index (χ0) is 17.0. The Hall–Kier alpha value is -2.25. The first kappa shape index (κ1) is 17.1. The highest BCUT2D eigenvalue weighted by Crippen LogP contribution is 2.24. The van der Waals surface area contributed by atoms with Gasteiger partial charge in [0.15, 0.2) is 0 Å². The Morgan fingerprint density at radius 3 is 2.61 bits per heavy atom. The molecule has 2 rings (SSSR count). The molecule has 0 aliphatic heterocycles. The number of hydrogen-bond acceptors (Lipinski definition) is 5. The lowest BCUT2D eigenvalue weighted by molar-refractivity contribution is -0.385. The summed E-state index contributed by atoms with van der Waals surface area (Å²) in [4.78, 5) is 24.8. The number of nitrogens with one attached hydrogen (secondary N) is 1. The highest BCUT2D eigenvalue weighted by molar-refractivity contribution is 7.12. The predicted molar refractivity (Wildman–Crippen MR) is 89.0 cm³/mol. The lowest BCUT2D eigenvalue weighted by Crippen LogP contribution is -2.28. The van der Waals surface area contributed by atoms with E-state index in [4.69, 9.17) is 4.74 Å². The highest BCUT2D eigenvalue weighted by Gasteiger charge is 2.17. The summed E-state index contributed by atoms with van der Waals surface area (Å²) in [6.45, 7) is 3.96. The highest BCUT2D eigenvalue weighted by atomic mass is 32.1. The number of thiophene rings is 1. The summed E-state index contributed by atoms with van der Waals surface area (Å²) in [6.07, 6.45) is -0.211. The summed E-state index contributed by atoms with van der Waals surface area (Å²) < 4.78 is 5.42. The third-order valence-corrected chi connectivity index (χ3v) is 4.56. The number of methoxy groups -OCH3 is 1. The van der Waals surface area contributed by atoms with Gasteiger partial charge in [0.05, 0.1) is 4.92 Å². The van der Waals surface area contributed by atoms with E-state index in [-0.39, 0.29) is 17.7 Å². The summed E-state index contributed by atoms with van der Waals surface area (Å²) in [5.74, 6) is -0.279. The molecule has 1 aromatic heterocycles. The Kier molecular flexibility index (Phi) is 5.46. The Balaban J connectivity index is 2.04. The SMILES string of the molecule is COC(CNC(=O)c1ccc([N+](=O)[O-])c(C)c1)c1ccc(C)s1. The second-order valence-corrected chi connectivity index (χ2v) is 6.46. The van der Waals surface area contributed by atoms with Crippen LogP contribution in [0.2, 0.25) is 0 Å². The molecule has 2 aromatic rings. The minimum atomic E-state index is -0.461. The maximum atomic E-state index is 12.2. The zero-order valence-corrected chi connectivity index (χ0v) is 14.0. The van der Waals surface area contributed by atoms with Crippen molar-refractivity contribution in [2.24, 2.45) is 0 Å². The van der Waals surface area contributed by atoms with Crippen molar-refractivity contribution in [2.45, 2.75) is 20.0 Å². The van der Waals surface area contributed by atoms with Crippen LogP contribution in [0, 0.1) is 24.0 Å². The van der Waals surface area contributed by atoms with Crippen molar-refractivity contribution in [1.82, 2.24) is 5.32 Å². The van der Waals surface area contributed by atoms with E-state index in [9.17, 15) is 14.9 Å². The number of nitro benzene ring substituents is 1. The molecule has 7 heteroatoms. The van der Waals surface area contributed by atoms with Gasteiger partial charge in [0.25, 0.3) is 11.6 Å². The molecule has 0 aliphatic rings. The quantitative estimate of drug-likeness (QED) is 0.648. The molecule has 0 bridgehead atoms. The van der Waals surface area contributed by atoms with Crippen LogP contribution in [0.4, 0.5) is 5.69 Å². The number of nitro groups is 1. The van der Waals surface area contributed by atoms with Gasteiger partial charge in [0, 0.05) is 40.6 Å². The Morgan fingerprint density at radius 2 is 2.09 bits per heavy atom. The van der Waals surface area contributed by atoms with Crippen LogP contribution in [0.25, 0.3) is 0 Å². The van der Waals surface area contributed by atoms with Gasteiger partial charge in [-0.25, -0.2) is 0 Å². The van der Waals surface area contributed by atoms with Crippen molar-refractivity contribution in [2.75, 3.05) is 13.7 Å². The fourth-order valence-electron chi connectivity index (χ4n) is 2.22. The molecule has 6 nitrogen and oxygen atoms in total. The molecule has 0 aliphatic carbocycles. The predicted octanol–water partition coefficient (Wildman–Crippen LogP) is 3.39. The van der Waals surface area contributed by atoms with Crippen LogP contribution in [-0.4, -0.2) is 24.5 Å². The fraction of sp³-hybridized carbons (Fsp3) is 0.312. The monoisotopic (exact) mass is 334 g/mol. The van der Waals surface area contributed by atoms with Gasteiger partial charge in [-0.3, -0.25) is 14.9 Å². The second-order valence-electron chi connectivity index (χ2n) is 5.14. The normalized spacial score (nSPS) is 12.0. The zero-order valence-electron chi connectivity index (χ0n) is 13.2. The molecule has 1 unspecified atom stereocenters. The fourth-order valence-corrected chi connectivity index (χ4v) is 3.17. The topological polar surface area (TPSA) is 81.5 Å². The van der Waals surface area contributed by atoms with E-state index in [0.29, 0.717) is 17.7 Å². The molecule has 0 radical (unpaired) electrons. The van der Waals surface area contributed by atoms with E-state index >= 15 is 0 Å². The third kappa shape index (κ3) is 4.14. The van der Waals surface area contributed by atoms with Gasteiger partial charge in [-0.15, -0.1) is 11.3 Å². The molecule has 0 fully saturated rings. The maximum absolute atomic E-state index is 12.2. The van der Waals surface area contributed by atoms with E-state index in [1.54, 1.807) is 25.4 Å². The standard InChI is InChI=1S/C16H18N2O4S/c1-10-8-12(5-6-13(10)18(20)21)16(19)17-9-14(22-3)15-7-4-11(2)23-15/h4-8,14H,9H2,1-3H3,(H,17,19). The van der Waals surface area contributed by atoms with Crippen LogP contribution >= 0.6 is 11.3 Å². The number of carbonyl (C=O) groups is 1. The summed E-state index contributed by atoms with van der Waals surface area (Å²) in [6, 6.07) is 8.31. The van der Waals surface area contributed by atoms with Crippen LogP contribution in [0.15, 0.2) is 30.3 Å². The van der Waals surface area contributed by atoms with E-state index in [1.807, 2.05) is 19.1 Å². The second kappa shape index (κ2) is 7.34. The summed E-state index contributed by atoms with van der Waals surface area (Å²) >= 11 is 1.62. The van der Waals surface area contributed by atoms with Gasteiger partial charge >= 0.3 is 0 Å². The lowest BCUT2D eigenvalue weighted by atomic mass is 10.1. The molecule has 1 aromatic carbocycles. The van der Waals surface area contributed by atoms with Gasteiger partial charge in [-0.2, -0.15) is 0 Å². The number of amides is 1. The van der Waals surface area contributed by atoms with Crippen LogP contribution in [0.1, 0.15) is 31.8 Å². The van der Waals surface area contributed by atoms with Gasteiger partial charge in [0.1, 0.15) is 6.10 Å². The Morgan fingerprint density at radius 1 is 1.35 bits per heavy atom. The molecule has 122 valence electrons. The number of hydrogen-bond donors (Lipinski definition) is 1. The van der Waals surface area contributed by atoms with Gasteiger partial charge in [-0.05, 0) is 38.1 Å². The third-order valence-electron chi connectivity index (χ3n) is 3.47. The van der Waals surface area contributed by atoms with Crippen molar-refractivity contribution < 1.29 is 14.5 Å². The van der Waals surface area contributed by atoms with Crippen LogP contribution in [-0.2, 0) is 4.74 Å². The van der Waals surface area contributed by atoms with E-state index in [0.717, 1.165) is 4.88 Å². The summed E-state index contributed by atoms with van der Waals surface area (Å²) in [7, 11) is 1.60. The van der Waals surface area contributed by atoms with Gasteiger partial charge in [0.2, 0.25) is 0 Å². The van der Waals surface area contributed by atoms with Crippen molar-refractivity contribution in [3.63, 3.8) is 0 Å². The number of ether oxygens (including phenoxy) is 1. The van der Waals surface area contributed by atoms with E-state index in [2.05, 4.69) is 5.32 Å². The molecule has 0 spiro atoms. The molecule has 1 heterocycles. The Labute approximate surface area is 138 Å². The van der Waals surface area contributed by atoms with Gasteiger partial charge in [-0.1, -0.05) is 0 Å². The van der Waals surface area contributed by atoms with Crippen LogP contribution in [0.5, 0.6) is 0 Å². The molecule has 23 heavy (non-hydrogen) atoms. The first-order chi connectivity index (χ1) is 10.9. The Bertz CT molecular complexity index is 727. The molecule has 1 N–H and O–H groups in total. The molecular formula is C16H18N2O4S. The van der Waals surface area contributed by atoms with Crippen LogP contribution in [0.3, 0.4) is 0 Å². The summed E-state index contributed by atoms with van der Waals surface area (Å²) in [5.41, 5.74) is 0.857. The molecule has 0 saturated carbocycles. The van der Waals surface area contributed by atoms with Crippen molar-refractivity contribution >= 4 is 22.9 Å². The number of nitrogens with zero attached hydrogens (tertiary/aromatic N) is 1. The molecular weight excluding hydrogens is 316 g/mol. The first-order valence-corrected chi connectivity index (χ1v) is 7.86. The van der Waals surface area contributed by atoms with Gasteiger partial charge < -0.3 is 10.1 Å². The number of rotatable bonds is 6. The average molecular weight is 334 g/mol.